The highest BCUT2D eigenvalue weighted by Crippen LogP contribution is 2.53. The van der Waals surface area contributed by atoms with Crippen LogP contribution in [0.25, 0.3) is 0 Å². The summed E-state index contributed by atoms with van der Waals surface area (Å²) in [5.74, 6) is 0.976. The molecule has 0 fully saturated rings. The molecule has 1 aromatic rings. The minimum absolute atomic E-state index is 0.337. The highest BCUT2D eigenvalue weighted by atomic mass is 15.3. The molecule has 4 aliphatic rings. The maximum Gasteiger partial charge on any atom is 0.0819 e. The van der Waals surface area contributed by atoms with E-state index in [2.05, 4.69) is 44.7 Å². The zero-order chi connectivity index (χ0) is 11.7. The predicted octanol–water partition coefficient (Wildman–Crippen LogP) is 3.07. The molecular formula is C14H14N4. The van der Waals surface area contributed by atoms with Gasteiger partial charge in [-0.2, -0.15) is 20.5 Å². The second-order valence-corrected chi connectivity index (χ2v) is 5.88. The first-order valence-electron chi connectivity index (χ1n) is 6.80. The van der Waals surface area contributed by atoms with Crippen molar-refractivity contribution in [1.29, 1.82) is 0 Å². The Balaban J connectivity index is 1.82. The van der Waals surface area contributed by atoms with Crippen LogP contribution in [0.2, 0.25) is 0 Å². The zero-order valence-electron chi connectivity index (χ0n) is 9.98. The van der Waals surface area contributed by atoms with Gasteiger partial charge in [0.25, 0.3) is 0 Å². The van der Waals surface area contributed by atoms with Gasteiger partial charge in [0.1, 0.15) is 0 Å². The summed E-state index contributed by atoms with van der Waals surface area (Å²) in [7, 11) is 0. The molecule has 0 N–H and O–H groups in total. The van der Waals surface area contributed by atoms with Crippen molar-refractivity contribution in [3.63, 3.8) is 0 Å². The van der Waals surface area contributed by atoms with E-state index in [-0.39, 0.29) is 0 Å². The van der Waals surface area contributed by atoms with Gasteiger partial charge in [-0.05, 0) is 24.0 Å². The van der Waals surface area contributed by atoms with Crippen molar-refractivity contribution in [1.82, 2.24) is 0 Å². The summed E-state index contributed by atoms with van der Waals surface area (Å²) >= 11 is 0. The summed E-state index contributed by atoms with van der Waals surface area (Å²) in [5, 5.41) is 18.2. The summed E-state index contributed by atoms with van der Waals surface area (Å²) in [4.78, 5) is 0. The summed E-state index contributed by atoms with van der Waals surface area (Å²) < 4.78 is 0. The van der Waals surface area contributed by atoms with Crippen LogP contribution in [-0.2, 0) is 0 Å². The second-order valence-electron chi connectivity index (χ2n) is 5.88. The lowest BCUT2D eigenvalue weighted by molar-refractivity contribution is 0.386. The third-order valence-corrected chi connectivity index (χ3v) is 5.06. The number of benzene rings is 1. The van der Waals surface area contributed by atoms with Crippen LogP contribution in [0, 0.1) is 0 Å². The summed E-state index contributed by atoms with van der Waals surface area (Å²) in [6.45, 7) is 0. The molecule has 0 amide bonds. The van der Waals surface area contributed by atoms with Crippen molar-refractivity contribution >= 4 is 0 Å². The molecule has 0 radical (unpaired) electrons. The van der Waals surface area contributed by atoms with Crippen molar-refractivity contribution in [3.05, 3.63) is 35.4 Å². The van der Waals surface area contributed by atoms with Crippen LogP contribution >= 0.6 is 0 Å². The number of nitrogens with zero attached hydrogens (tertiary/aromatic N) is 4. The first kappa shape index (κ1) is 9.36. The van der Waals surface area contributed by atoms with Crippen molar-refractivity contribution in [2.75, 3.05) is 0 Å². The van der Waals surface area contributed by atoms with E-state index in [0.29, 0.717) is 36.0 Å². The minimum Gasteiger partial charge on any atom is -0.190 e. The van der Waals surface area contributed by atoms with E-state index in [1.165, 1.54) is 11.1 Å². The first-order chi connectivity index (χ1) is 8.92. The maximum atomic E-state index is 4.54. The lowest BCUT2D eigenvalue weighted by atomic mass is 9.81. The Morgan fingerprint density at radius 2 is 1.06 bits per heavy atom. The van der Waals surface area contributed by atoms with Gasteiger partial charge in [-0.15, -0.1) is 0 Å². The highest BCUT2D eigenvalue weighted by molar-refractivity contribution is 5.42. The maximum absolute atomic E-state index is 4.54. The summed E-state index contributed by atoms with van der Waals surface area (Å²) in [6, 6.07) is 10.2. The largest absolute Gasteiger partial charge is 0.190 e. The van der Waals surface area contributed by atoms with E-state index in [0.717, 1.165) is 12.8 Å². The summed E-state index contributed by atoms with van der Waals surface area (Å²) in [6.07, 6.45) is 2.06. The number of hydrogen-bond donors (Lipinski definition) is 0. The molecule has 2 aliphatic carbocycles. The molecule has 1 aromatic carbocycles. The molecule has 2 bridgehead atoms. The molecule has 18 heavy (non-hydrogen) atoms. The van der Waals surface area contributed by atoms with Crippen molar-refractivity contribution in [3.8, 4) is 0 Å². The Morgan fingerprint density at radius 1 is 0.667 bits per heavy atom. The van der Waals surface area contributed by atoms with Crippen molar-refractivity contribution in [2.24, 2.45) is 20.5 Å². The Bertz CT molecular complexity index is 504. The van der Waals surface area contributed by atoms with Gasteiger partial charge in [-0.3, -0.25) is 0 Å². The molecule has 2 heterocycles. The van der Waals surface area contributed by atoms with E-state index >= 15 is 0 Å². The fourth-order valence-corrected chi connectivity index (χ4v) is 4.36. The summed E-state index contributed by atoms with van der Waals surface area (Å²) in [5.41, 5.74) is 2.94. The molecule has 4 nitrogen and oxygen atoms in total. The van der Waals surface area contributed by atoms with E-state index in [1.807, 2.05) is 0 Å². The molecule has 0 spiro atoms. The average Bonchev–Trinajstić information content (AvgIpc) is 2.93. The van der Waals surface area contributed by atoms with Gasteiger partial charge >= 0.3 is 0 Å². The van der Waals surface area contributed by atoms with Crippen LogP contribution in [-0.4, -0.2) is 24.2 Å². The monoisotopic (exact) mass is 238 g/mol. The Hall–Kier alpha value is -1.58. The molecule has 0 aromatic heterocycles. The topological polar surface area (TPSA) is 49.4 Å². The normalized spacial score (nSPS) is 46.0. The van der Waals surface area contributed by atoms with Crippen LogP contribution in [0.3, 0.4) is 0 Å². The number of azo groups is 2. The standard InChI is InChI=1S/C14H14N4/c1-2-4-8-7(3-1)13-9-5-11-14(8)12(18-17-11)6-10(13)16-15-9/h1-4,9-14H,5-6H2. The quantitative estimate of drug-likeness (QED) is 0.667. The van der Waals surface area contributed by atoms with Gasteiger partial charge in [-0.25, -0.2) is 0 Å². The second kappa shape index (κ2) is 3.05. The van der Waals surface area contributed by atoms with E-state index < -0.39 is 0 Å². The van der Waals surface area contributed by atoms with E-state index in [1.54, 1.807) is 0 Å². The fourth-order valence-electron chi connectivity index (χ4n) is 4.36. The molecule has 2 aliphatic heterocycles. The Morgan fingerprint density at radius 3 is 1.44 bits per heavy atom. The molecule has 5 rings (SSSR count). The number of rotatable bonds is 0. The molecule has 0 saturated heterocycles. The fraction of sp³-hybridized carbons (Fsp3) is 0.571. The van der Waals surface area contributed by atoms with Gasteiger partial charge in [0, 0.05) is 11.8 Å². The third kappa shape index (κ3) is 0.982. The first-order valence-corrected chi connectivity index (χ1v) is 6.80. The molecular weight excluding hydrogens is 224 g/mol. The SMILES string of the molecule is c1ccc2c(c1)C1C3CC4N=NC(CC1N=N3)C24. The van der Waals surface area contributed by atoms with Crippen LogP contribution in [0.4, 0.5) is 0 Å². The van der Waals surface area contributed by atoms with Crippen LogP contribution in [0.15, 0.2) is 44.7 Å². The molecule has 0 saturated carbocycles. The van der Waals surface area contributed by atoms with Gasteiger partial charge < -0.3 is 0 Å². The van der Waals surface area contributed by atoms with Crippen molar-refractivity contribution in [2.45, 2.75) is 48.8 Å². The minimum atomic E-state index is 0.337. The van der Waals surface area contributed by atoms with Gasteiger partial charge in [0.2, 0.25) is 0 Å². The highest BCUT2D eigenvalue weighted by Gasteiger charge is 2.52. The molecule has 4 atom stereocenters. The molecule has 4 unspecified atom stereocenters. The van der Waals surface area contributed by atoms with Crippen LogP contribution in [0.5, 0.6) is 0 Å². The number of hydrogen-bond acceptors (Lipinski definition) is 4. The van der Waals surface area contributed by atoms with Crippen molar-refractivity contribution < 1.29 is 0 Å². The molecule has 4 heteroatoms. The zero-order valence-corrected chi connectivity index (χ0v) is 9.98. The van der Waals surface area contributed by atoms with Gasteiger partial charge in [0.05, 0.1) is 24.2 Å². The predicted molar refractivity (Wildman–Crippen MR) is 66.0 cm³/mol. The van der Waals surface area contributed by atoms with Crippen LogP contribution < -0.4 is 0 Å². The van der Waals surface area contributed by atoms with E-state index in [4.69, 9.17) is 0 Å². The van der Waals surface area contributed by atoms with Gasteiger partial charge in [0.15, 0.2) is 0 Å². The Labute approximate surface area is 105 Å². The third-order valence-electron chi connectivity index (χ3n) is 5.06. The van der Waals surface area contributed by atoms with Gasteiger partial charge in [-0.1, -0.05) is 24.3 Å². The van der Waals surface area contributed by atoms with E-state index in [9.17, 15) is 0 Å². The molecule has 90 valence electrons. The Kier molecular flexibility index (Phi) is 1.59. The van der Waals surface area contributed by atoms with Crippen LogP contribution in [0.1, 0.15) is 35.8 Å². The average molecular weight is 238 g/mol. The lowest BCUT2D eigenvalue weighted by Crippen LogP contribution is -2.30. The smallest absolute Gasteiger partial charge is 0.0819 e. The lowest BCUT2D eigenvalue weighted by Gasteiger charge is -2.23.